The Morgan fingerprint density at radius 3 is 2.17 bits per heavy atom. The van der Waals surface area contributed by atoms with Gasteiger partial charge in [-0.25, -0.2) is 4.39 Å². The van der Waals surface area contributed by atoms with Crippen molar-refractivity contribution in [3.8, 4) is 11.3 Å². The first kappa shape index (κ1) is 12.5. The average Bonchev–Trinajstić information content (AvgIpc) is 2.32. The zero-order valence-electron chi connectivity index (χ0n) is 9.42. The molecule has 0 aliphatic heterocycles. The minimum atomic E-state index is -4.36. The summed E-state index contributed by atoms with van der Waals surface area (Å²) in [7, 11) is 0. The van der Waals surface area contributed by atoms with Crippen molar-refractivity contribution in [3.63, 3.8) is 0 Å². The number of rotatable bonds is 1. The van der Waals surface area contributed by atoms with Crippen molar-refractivity contribution in [1.82, 2.24) is 4.98 Å². The fourth-order valence-corrected chi connectivity index (χ4v) is 1.53. The fraction of sp³-hybridized carbons (Fsp3) is 0.154. The van der Waals surface area contributed by atoms with E-state index in [1.54, 1.807) is 6.92 Å². The highest BCUT2D eigenvalue weighted by molar-refractivity contribution is 5.60. The van der Waals surface area contributed by atoms with Crippen LogP contribution in [0.5, 0.6) is 0 Å². The number of nitrogens with zero attached hydrogens (tertiary/aromatic N) is 1. The fourth-order valence-electron chi connectivity index (χ4n) is 1.53. The van der Waals surface area contributed by atoms with Crippen LogP contribution in [0.2, 0.25) is 0 Å². The van der Waals surface area contributed by atoms with Gasteiger partial charge in [-0.15, -0.1) is 0 Å². The molecule has 2 aromatic rings. The topological polar surface area (TPSA) is 12.9 Å². The summed E-state index contributed by atoms with van der Waals surface area (Å²) in [6.07, 6.45) is -3.30. The summed E-state index contributed by atoms with van der Waals surface area (Å²) in [4.78, 5) is 3.84. The van der Waals surface area contributed by atoms with Crippen LogP contribution in [0.3, 0.4) is 0 Å². The molecule has 0 radical (unpaired) electrons. The summed E-state index contributed by atoms with van der Waals surface area (Å²) in [5.41, 5.74) is 0.652. The number of halogens is 4. The van der Waals surface area contributed by atoms with E-state index in [9.17, 15) is 17.6 Å². The molecule has 0 atom stereocenters. The number of benzene rings is 1. The van der Waals surface area contributed by atoms with E-state index in [2.05, 4.69) is 4.98 Å². The molecule has 1 aromatic heterocycles. The van der Waals surface area contributed by atoms with Crippen LogP contribution in [0.1, 0.15) is 11.1 Å². The molecule has 0 fully saturated rings. The molecule has 0 aliphatic rings. The number of aryl methyl sites for hydroxylation is 1. The van der Waals surface area contributed by atoms with E-state index < -0.39 is 17.6 Å². The summed E-state index contributed by atoms with van der Waals surface area (Å²) in [6, 6.07) is 6.11. The Hall–Kier alpha value is -1.91. The van der Waals surface area contributed by atoms with Gasteiger partial charge in [0.05, 0.1) is 17.5 Å². The highest BCUT2D eigenvalue weighted by Gasteiger charge is 2.29. The number of aromatic nitrogens is 1. The Labute approximate surface area is 101 Å². The van der Waals surface area contributed by atoms with Gasteiger partial charge in [-0.05, 0) is 30.7 Å². The Morgan fingerprint density at radius 1 is 1.06 bits per heavy atom. The third-order valence-electron chi connectivity index (χ3n) is 2.55. The van der Waals surface area contributed by atoms with Crippen molar-refractivity contribution in [1.29, 1.82) is 0 Å². The van der Waals surface area contributed by atoms with Crippen molar-refractivity contribution in [2.45, 2.75) is 13.1 Å². The lowest BCUT2D eigenvalue weighted by molar-refractivity contribution is -0.137. The summed E-state index contributed by atoms with van der Waals surface area (Å²) >= 11 is 0. The van der Waals surface area contributed by atoms with Crippen LogP contribution in [-0.2, 0) is 6.18 Å². The number of alkyl halides is 3. The molecule has 0 N–H and O–H groups in total. The standard InChI is InChI=1S/C13H9F4N/c1-8-6-12(18-7-11(8)14)9-2-4-10(5-3-9)13(15,16)17/h2-7H,1H3. The van der Waals surface area contributed by atoms with Gasteiger partial charge in [-0.2, -0.15) is 13.2 Å². The summed E-state index contributed by atoms with van der Waals surface area (Å²) in [6.45, 7) is 1.57. The highest BCUT2D eigenvalue weighted by atomic mass is 19.4. The Balaban J connectivity index is 2.37. The predicted octanol–water partition coefficient (Wildman–Crippen LogP) is 4.21. The monoisotopic (exact) mass is 255 g/mol. The summed E-state index contributed by atoms with van der Waals surface area (Å²) in [5, 5.41) is 0. The van der Waals surface area contributed by atoms with Gasteiger partial charge in [0.25, 0.3) is 0 Å². The molecular formula is C13H9F4N. The van der Waals surface area contributed by atoms with Gasteiger partial charge in [0.15, 0.2) is 0 Å². The van der Waals surface area contributed by atoms with Gasteiger partial charge in [0.2, 0.25) is 0 Å². The van der Waals surface area contributed by atoms with Gasteiger partial charge < -0.3 is 0 Å². The largest absolute Gasteiger partial charge is 0.416 e. The molecule has 0 aliphatic carbocycles. The first-order chi connectivity index (χ1) is 8.38. The lowest BCUT2D eigenvalue weighted by Crippen LogP contribution is -2.04. The molecule has 5 heteroatoms. The van der Waals surface area contributed by atoms with Gasteiger partial charge in [0.1, 0.15) is 5.82 Å². The van der Waals surface area contributed by atoms with Crippen LogP contribution < -0.4 is 0 Å². The number of hydrogen-bond donors (Lipinski definition) is 0. The molecule has 0 bridgehead atoms. The van der Waals surface area contributed by atoms with Crippen LogP contribution >= 0.6 is 0 Å². The Morgan fingerprint density at radius 2 is 1.67 bits per heavy atom. The quantitative estimate of drug-likeness (QED) is 0.695. The van der Waals surface area contributed by atoms with Crippen LogP contribution in [-0.4, -0.2) is 4.98 Å². The van der Waals surface area contributed by atoms with Crippen LogP contribution in [0.25, 0.3) is 11.3 Å². The number of pyridine rings is 1. The molecule has 0 saturated carbocycles. The van der Waals surface area contributed by atoms with E-state index in [1.165, 1.54) is 18.2 Å². The molecule has 94 valence electrons. The van der Waals surface area contributed by atoms with Gasteiger partial charge in [-0.3, -0.25) is 4.98 Å². The summed E-state index contributed by atoms with van der Waals surface area (Å²) < 4.78 is 50.1. The second kappa shape index (κ2) is 4.40. The van der Waals surface area contributed by atoms with E-state index in [4.69, 9.17) is 0 Å². The third-order valence-corrected chi connectivity index (χ3v) is 2.55. The summed E-state index contributed by atoms with van der Waals surface area (Å²) in [5.74, 6) is -0.439. The highest BCUT2D eigenvalue weighted by Crippen LogP contribution is 2.30. The maximum absolute atomic E-state index is 13.0. The van der Waals surface area contributed by atoms with E-state index in [0.717, 1.165) is 18.3 Å². The average molecular weight is 255 g/mol. The van der Waals surface area contributed by atoms with Crippen LogP contribution in [0.15, 0.2) is 36.5 Å². The van der Waals surface area contributed by atoms with Gasteiger partial charge in [-0.1, -0.05) is 12.1 Å². The Bertz CT molecular complexity index is 558. The van der Waals surface area contributed by atoms with E-state index >= 15 is 0 Å². The minimum Gasteiger partial charge on any atom is -0.253 e. The first-order valence-corrected chi connectivity index (χ1v) is 5.18. The van der Waals surface area contributed by atoms with Gasteiger partial charge in [0, 0.05) is 5.56 Å². The van der Waals surface area contributed by atoms with Crippen LogP contribution in [0.4, 0.5) is 17.6 Å². The van der Waals surface area contributed by atoms with Crippen molar-refractivity contribution < 1.29 is 17.6 Å². The van der Waals surface area contributed by atoms with Crippen LogP contribution in [0, 0.1) is 12.7 Å². The van der Waals surface area contributed by atoms with E-state index in [0.29, 0.717) is 16.8 Å². The molecule has 0 saturated heterocycles. The molecule has 1 heterocycles. The maximum Gasteiger partial charge on any atom is 0.416 e. The molecule has 18 heavy (non-hydrogen) atoms. The molecular weight excluding hydrogens is 246 g/mol. The molecule has 1 aromatic carbocycles. The zero-order chi connectivity index (χ0) is 13.3. The van der Waals surface area contributed by atoms with E-state index in [1.807, 2.05) is 0 Å². The molecule has 2 rings (SSSR count). The van der Waals surface area contributed by atoms with Gasteiger partial charge >= 0.3 is 6.18 Å². The zero-order valence-corrected chi connectivity index (χ0v) is 9.42. The van der Waals surface area contributed by atoms with Crippen molar-refractivity contribution in [2.24, 2.45) is 0 Å². The first-order valence-electron chi connectivity index (χ1n) is 5.18. The second-order valence-corrected chi connectivity index (χ2v) is 3.89. The molecule has 0 unspecified atom stereocenters. The Kier molecular flexibility index (Phi) is 3.07. The molecule has 1 nitrogen and oxygen atoms in total. The minimum absolute atomic E-state index is 0.403. The lowest BCUT2D eigenvalue weighted by Gasteiger charge is -2.07. The molecule has 0 spiro atoms. The molecule has 0 amide bonds. The predicted molar refractivity (Wildman–Crippen MR) is 59.4 cm³/mol. The normalized spacial score (nSPS) is 11.6. The van der Waals surface area contributed by atoms with Crippen molar-refractivity contribution in [2.75, 3.05) is 0 Å². The van der Waals surface area contributed by atoms with E-state index in [-0.39, 0.29) is 0 Å². The van der Waals surface area contributed by atoms with Crippen molar-refractivity contribution >= 4 is 0 Å². The SMILES string of the molecule is Cc1cc(-c2ccc(C(F)(F)F)cc2)ncc1F. The maximum atomic E-state index is 13.0. The second-order valence-electron chi connectivity index (χ2n) is 3.89. The van der Waals surface area contributed by atoms with Crippen molar-refractivity contribution in [3.05, 3.63) is 53.5 Å². The number of hydrogen-bond acceptors (Lipinski definition) is 1. The lowest BCUT2D eigenvalue weighted by atomic mass is 10.1. The third kappa shape index (κ3) is 2.50. The smallest absolute Gasteiger partial charge is 0.253 e.